The zero-order chi connectivity index (χ0) is 15.6. The molecule has 116 valence electrons. The first-order valence-electron chi connectivity index (χ1n) is 6.93. The van der Waals surface area contributed by atoms with Gasteiger partial charge < -0.3 is 5.32 Å². The molecule has 1 N–H and O–H groups in total. The smallest absolute Gasteiger partial charge is 0.220 e. The molecule has 0 aliphatic carbocycles. The number of carbonyl (C=O) groups is 1. The molecule has 22 heavy (non-hydrogen) atoms. The van der Waals surface area contributed by atoms with Crippen LogP contribution in [0.25, 0.3) is 0 Å². The van der Waals surface area contributed by atoms with E-state index in [1.165, 1.54) is 0 Å². The average Bonchev–Trinajstić information content (AvgIpc) is 2.54. The molecule has 0 fully saturated rings. The molecule has 0 bridgehead atoms. The first-order chi connectivity index (χ1) is 10.7. The van der Waals surface area contributed by atoms with E-state index in [0.717, 1.165) is 26.4 Å². The van der Waals surface area contributed by atoms with Gasteiger partial charge in [-0.1, -0.05) is 17.7 Å². The normalized spacial score (nSPS) is 10.4. The average molecular weight is 353 g/mol. The summed E-state index contributed by atoms with van der Waals surface area (Å²) in [5.41, 5.74) is 0. The summed E-state index contributed by atoms with van der Waals surface area (Å²) < 4.78 is 0. The predicted molar refractivity (Wildman–Crippen MR) is 94.8 cm³/mol. The van der Waals surface area contributed by atoms with Gasteiger partial charge >= 0.3 is 0 Å². The number of rotatable bonds is 8. The number of hydrogen-bond acceptors (Lipinski definition) is 4. The Morgan fingerprint density at radius 1 is 1.09 bits per heavy atom. The van der Waals surface area contributed by atoms with Crippen molar-refractivity contribution in [3.63, 3.8) is 0 Å². The molecule has 3 nitrogen and oxygen atoms in total. The van der Waals surface area contributed by atoms with Gasteiger partial charge in [-0.05, 0) is 36.4 Å². The molecule has 0 unspecified atom stereocenters. The minimum absolute atomic E-state index is 0.0862. The quantitative estimate of drug-likeness (QED) is 0.573. The standard InChI is InChI=1S/C16H17ClN2OS2/c17-13-4-6-14(7-5-13)21-11-8-15(20)18-10-12-22-16-3-1-2-9-19-16/h1-7,9H,8,10-12H2,(H,18,20). The molecule has 1 aromatic carbocycles. The van der Waals surface area contributed by atoms with Gasteiger partial charge in [-0.2, -0.15) is 0 Å². The van der Waals surface area contributed by atoms with E-state index in [1.807, 2.05) is 42.5 Å². The fraction of sp³-hybridized carbons (Fsp3) is 0.250. The zero-order valence-electron chi connectivity index (χ0n) is 12.0. The second kappa shape index (κ2) is 9.77. The van der Waals surface area contributed by atoms with Crippen molar-refractivity contribution in [1.29, 1.82) is 0 Å². The van der Waals surface area contributed by atoms with Crippen molar-refractivity contribution in [2.45, 2.75) is 16.3 Å². The minimum Gasteiger partial charge on any atom is -0.355 e. The van der Waals surface area contributed by atoms with Gasteiger partial charge in [-0.15, -0.1) is 23.5 Å². The molecule has 0 saturated carbocycles. The number of amides is 1. The second-order valence-corrected chi connectivity index (χ2v) is 7.14. The Bertz CT molecular complexity index is 578. The highest BCUT2D eigenvalue weighted by molar-refractivity contribution is 7.99. The van der Waals surface area contributed by atoms with Gasteiger partial charge in [-0.25, -0.2) is 4.98 Å². The van der Waals surface area contributed by atoms with Crippen molar-refractivity contribution < 1.29 is 4.79 Å². The molecule has 1 aromatic heterocycles. The van der Waals surface area contributed by atoms with E-state index >= 15 is 0 Å². The Morgan fingerprint density at radius 3 is 2.64 bits per heavy atom. The van der Waals surface area contributed by atoms with Crippen LogP contribution in [0.4, 0.5) is 0 Å². The molecule has 6 heteroatoms. The van der Waals surface area contributed by atoms with Crippen LogP contribution >= 0.6 is 35.1 Å². The third-order valence-corrected chi connectivity index (χ3v) is 4.93. The summed E-state index contributed by atoms with van der Waals surface area (Å²) in [6.45, 7) is 0.658. The lowest BCUT2D eigenvalue weighted by molar-refractivity contribution is -0.120. The van der Waals surface area contributed by atoms with Crippen LogP contribution in [0.2, 0.25) is 5.02 Å². The fourth-order valence-corrected chi connectivity index (χ4v) is 3.36. The summed E-state index contributed by atoms with van der Waals surface area (Å²) in [6, 6.07) is 13.5. The van der Waals surface area contributed by atoms with Gasteiger partial charge in [0.1, 0.15) is 0 Å². The molecule has 0 radical (unpaired) electrons. The third kappa shape index (κ3) is 6.73. The summed E-state index contributed by atoms with van der Waals surface area (Å²) >= 11 is 9.13. The molecule has 1 amide bonds. The number of nitrogens with zero attached hydrogens (tertiary/aromatic N) is 1. The lowest BCUT2D eigenvalue weighted by atomic mass is 10.4. The SMILES string of the molecule is O=C(CCSc1ccc(Cl)cc1)NCCSc1ccccn1. The predicted octanol–water partition coefficient (Wildman–Crippen LogP) is 4.13. The summed E-state index contributed by atoms with van der Waals surface area (Å²) in [4.78, 5) is 17.1. The highest BCUT2D eigenvalue weighted by Crippen LogP contribution is 2.20. The van der Waals surface area contributed by atoms with Gasteiger partial charge in [0.25, 0.3) is 0 Å². The molecule has 2 aromatic rings. The lowest BCUT2D eigenvalue weighted by Gasteiger charge is -2.05. The molecule has 0 aliphatic rings. The van der Waals surface area contributed by atoms with Crippen LogP contribution in [0, 0.1) is 0 Å². The molecular weight excluding hydrogens is 336 g/mol. The second-order valence-electron chi connectivity index (χ2n) is 4.42. The molecule has 0 atom stereocenters. The maximum Gasteiger partial charge on any atom is 0.220 e. The largest absolute Gasteiger partial charge is 0.355 e. The maximum atomic E-state index is 11.7. The van der Waals surface area contributed by atoms with E-state index in [4.69, 9.17) is 11.6 Å². The number of carbonyl (C=O) groups excluding carboxylic acids is 1. The molecule has 1 heterocycles. The van der Waals surface area contributed by atoms with Crippen molar-refractivity contribution >= 4 is 41.0 Å². The number of benzene rings is 1. The zero-order valence-corrected chi connectivity index (χ0v) is 14.4. The van der Waals surface area contributed by atoms with Crippen molar-refractivity contribution in [2.24, 2.45) is 0 Å². The van der Waals surface area contributed by atoms with E-state index in [1.54, 1.807) is 29.7 Å². The van der Waals surface area contributed by atoms with Crippen molar-refractivity contribution in [3.8, 4) is 0 Å². The number of nitrogens with one attached hydrogen (secondary N) is 1. The summed E-state index contributed by atoms with van der Waals surface area (Å²) in [6.07, 6.45) is 2.29. The highest BCUT2D eigenvalue weighted by atomic mass is 35.5. The molecule has 0 saturated heterocycles. The Labute approximate surface area is 144 Å². The monoisotopic (exact) mass is 352 g/mol. The summed E-state index contributed by atoms with van der Waals surface area (Å²) in [5.74, 6) is 1.68. The van der Waals surface area contributed by atoms with Gasteiger partial charge in [0.05, 0.1) is 5.03 Å². The lowest BCUT2D eigenvalue weighted by Crippen LogP contribution is -2.25. The number of thioether (sulfide) groups is 2. The summed E-state index contributed by atoms with van der Waals surface area (Å²) in [5, 5.41) is 4.64. The van der Waals surface area contributed by atoms with Crippen LogP contribution in [-0.4, -0.2) is 28.9 Å². The van der Waals surface area contributed by atoms with E-state index in [2.05, 4.69) is 10.3 Å². The Kier molecular flexibility index (Phi) is 7.63. The van der Waals surface area contributed by atoms with Crippen molar-refractivity contribution in [1.82, 2.24) is 10.3 Å². The van der Waals surface area contributed by atoms with Crippen LogP contribution in [0.5, 0.6) is 0 Å². The first kappa shape index (κ1) is 17.2. The number of halogens is 1. The van der Waals surface area contributed by atoms with Crippen LogP contribution in [0.3, 0.4) is 0 Å². The molecular formula is C16H17ClN2OS2. The van der Waals surface area contributed by atoms with Gasteiger partial charge in [0.2, 0.25) is 5.91 Å². The Morgan fingerprint density at radius 2 is 1.91 bits per heavy atom. The van der Waals surface area contributed by atoms with E-state index in [0.29, 0.717) is 13.0 Å². The molecule has 0 spiro atoms. The van der Waals surface area contributed by atoms with E-state index in [-0.39, 0.29) is 5.91 Å². The Hall–Kier alpha value is -1.17. The number of aromatic nitrogens is 1. The number of pyridine rings is 1. The topological polar surface area (TPSA) is 42.0 Å². The van der Waals surface area contributed by atoms with Gasteiger partial charge in [-0.3, -0.25) is 4.79 Å². The fourth-order valence-electron chi connectivity index (χ4n) is 1.66. The third-order valence-electron chi connectivity index (χ3n) is 2.72. The van der Waals surface area contributed by atoms with Crippen LogP contribution < -0.4 is 5.32 Å². The highest BCUT2D eigenvalue weighted by Gasteiger charge is 2.02. The summed E-state index contributed by atoms with van der Waals surface area (Å²) in [7, 11) is 0. The Balaban J connectivity index is 1.55. The van der Waals surface area contributed by atoms with E-state index in [9.17, 15) is 4.79 Å². The molecule has 2 rings (SSSR count). The maximum absolute atomic E-state index is 11.7. The van der Waals surface area contributed by atoms with Crippen LogP contribution in [-0.2, 0) is 4.79 Å². The van der Waals surface area contributed by atoms with Gasteiger partial charge in [0, 0.05) is 40.6 Å². The van der Waals surface area contributed by atoms with Crippen LogP contribution in [0.15, 0.2) is 58.6 Å². The number of hydrogen-bond donors (Lipinski definition) is 1. The first-order valence-corrected chi connectivity index (χ1v) is 9.28. The van der Waals surface area contributed by atoms with Crippen LogP contribution in [0.1, 0.15) is 6.42 Å². The minimum atomic E-state index is 0.0862. The van der Waals surface area contributed by atoms with Crippen molar-refractivity contribution in [3.05, 3.63) is 53.7 Å². The van der Waals surface area contributed by atoms with Gasteiger partial charge in [0.15, 0.2) is 0 Å². The molecule has 0 aliphatic heterocycles. The van der Waals surface area contributed by atoms with E-state index < -0.39 is 0 Å². The van der Waals surface area contributed by atoms with Crippen molar-refractivity contribution in [2.75, 3.05) is 18.1 Å².